The number of aromatic nitrogens is 2. The Bertz CT molecular complexity index is 372. The van der Waals surface area contributed by atoms with E-state index in [-0.39, 0.29) is 5.41 Å². The van der Waals surface area contributed by atoms with Crippen molar-refractivity contribution < 1.29 is 4.74 Å². The van der Waals surface area contributed by atoms with Gasteiger partial charge in [-0.15, -0.1) is 0 Å². The maximum absolute atomic E-state index is 5.72. The van der Waals surface area contributed by atoms with Crippen molar-refractivity contribution in [1.29, 1.82) is 0 Å². The molecule has 0 spiro atoms. The number of ether oxygens (including phenoxy) is 1. The molecule has 2 N–H and O–H groups in total. The van der Waals surface area contributed by atoms with Gasteiger partial charge in [-0.05, 0) is 20.3 Å². The Hall–Kier alpha value is -0.870. The molecule has 0 saturated heterocycles. The third-order valence-corrected chi connectivity index (χ3v) is 4.00. The van der Waals surface area contributed by atoms with Gasteiger partial charge in [0.05, 0.1) is 18.1 Å². The Labute approximate surface area is 103 Å². The Morgan fingerprint density at radius 2 is 2.35 bits per heavy atom. The second-order valence-electron chi connectivity index (χ2n) is 5.41. The van der Waals surface area contributed by atoms with Crippen molar-refractivity contribution in [2.45, 2.75) is 52.8 Å². The molecule has 1 aliphatic rings. The normalized spacial score (nSPS) is 26.8. The predicted octanol–water partition coefficient (Wildman–Crippen LogP) is 2.01. The average Bonchev–Trinajstić information content (AvgIpc) is 2.68. The quantitative estimate of drug-likeness (QED) is 0.823. The minimum absolute atomic E-state index is 0.222. The number of nitrogens with zero attached hydrogens (tertiary/aromatic N) is 1. The van der Waals surface area contributed by atoms with Gasteiger partial charge in [0.25, 0.3) is 0 Å². The number of H-pyrrole nitrogens is 1. The molecule has 96 valence electrons. The van der Waals surface area contributed by atoms with Crippen LogP contribution in [0.4, 0.5) is 0 Å². The zero-order valence-electron chi connectivity index (χ0n) is 11.2. The number of imidazole rings is 1. The third-order valence-electron chi connectivity index (χ3n) is 4.00. The molecule has 0 bridgehead atoms. The topological polar surface area (TPSA) is 49.9 Å². The van der Waals surface area contributed by atoms with Gasteiger partial charge >= 0.3 is 0 Å². The molecule has 2 atom stereocenters. The summed E-state index contributed by atoms with van der Waals surface area (Å²) in [5.74, 6) is 0. The van der Waals surface area contributed by atoms with Crippen molar-refractivity contribution in [2.75, 3.05) is 6.61 Å². The maximum Gasteiger partial charge on any atom is 0.0925 e. The molecule has 2 unspecified atom stereocenters. The molecule has 1 aliphatic carbocycles. The van der Waals surface area contributed by atoms with E-state index < -0.39 is 0 Å². The molecule has 1 fully saturated rings. The van der Waals surface area contributed by atoms with Crippen LogP contribution in [0.25, 0.3) is 0 Å². The highest BCUT2D eigenvalue weighted by Crippen LogP contribution is 2.42. The average molecular weight is 237 g/mol. The minimum Gasteiger partial charge on any atom is -0.378 e. The van der Waals surface area contributed by atoms with Crippen molar-refractivity contribution in [3.05, 3.63) is 17.7 Å². The van der Waals surface area contributed by atoms with E-state index in [1.165, 1.54) is 0 Å². The van der Waals surface area contributed by atoms with Crippen molar-refractivity contribution in [2.24, 2.45) is 5.41 Å². The summed E-state index contributed by atoms with van der Waals surface area (Å²) >= 11 is 0. The lowest BCUT2D eigenvalue weighted by Crippen LogP contribution is -2.60. The molecule has 17 heavy (non-hydrogen) atoms. The highest BCUT2D eigenvalue weighted by Gasteiger charge is 2.48. The fraction of sp³-hybridized carbons (Fsp3) is 0.769. The number of hydrogen-bond acceptors (Lipinski definition) is 3. The summed E-state index contributed by atoms with van der Waals surface area (Å²) in [4.78, 5) is 7.40. The molecule has 0 aromatic carbocycles. The molecule has 1 saturated carbocycles. The van der Waals surface area contributed by atoms with Gasteiger partial charge in [-0.25, -0.2) is 4.98 Å². The van der Waals surface area contributed by atoms with E-state index in [4.69, 9.17) is 4.74 Å². The summed E-state index contributed by atoms with van der Waals surface area (Å²) in [5, 5.41) is 3.58. The lowest BCUT2D eigenvalue weighted by Gasteiger charge is -2.51. The van der Waals surface area contributed by atoms with Gasteiger partial charge in [0.15, 0.2) is 0 Å². The summed E-state index contributed by atoms with van der Waals surface area (Å²) in [6, 6.07) is 0.523. The first-order chi connectivity index (χ1) is 8.05. The zero-order valence-corrected chi connectivity index (χ0v) is 11.2. The number of rotatable bonds is 5. The van der Waals surface area contributed by atoms with Crippen LogP contribution in [0.15, 0.2) is 6.33 Å². The van der Waals surface area contributed by atoms with Crippen LogP contribution in [0.2, 0.25) is 0 Å². The largest absolute Gasteiger partial charge is 0.378 e. The summed E-state index contributed by atoms with van der Waals surface area (Å²) in [5.41, 5.74) is 2.48. The van der Waals surface area contributed by atoms with Gasteiger partial charge in [0.1, 0.15) is 0 Å². The molecule has 4 nitrogen and oxygen atoms in total. The Kier molecular flexibility index (Phi) is 3.54. The molecule has 0 amide bonds. The van der Waals surface area contributed by atoms with Crippen LogP contribution in [0.1, 0.15) is 38.6 Å². The van der Waals surface area contributed by atoms with Crippen molar-refractivity contribution in [1.82, 2.24) is 15.3 Å². The molecular formula is C13H23N3O. The summed E-state index contributed by atoms with van der Waals surface area (Å²) in [6.45, 7) is 10.3. The van der Waals surface area contributed by atoms with E-state index in [1.54, 1.807) is 6.33 Å². The number of hydrogen-bond donors (Lipinski definition) is 2. The fourth-order valence-electron chi connectivity index (χ4n) is 2.50. The van der Waals surface area contributed by atoms with E-state index in [0.29, 0.717) is 12.1 Å². The van der Waals surface area contributed by atoms with E-state index in [0.717, 1.165) is 31.0 Å². The highest BCUT2D eigenvalue weighted by molar-refractivity contribution is 5.10. The SMILES string of the molecule is CCOC1CC(NCc2nc[nH]c2C)C1(C)C. The van der Waals surface area contributed by atoms with E-state index in [2.05, 4.69) is 43.0 Å². The summed E-state index contributed by atoms with van der Waals surface area (Å²) in [7, 11) is 0. The van der Waals surface area contributed by atoms with Crippen LogP contribution < -0.4 is 5.32 Å². The Balaban J connectivity index is 1.84. The van der Waals surface area contributed by atoms with Crippen LogP contribution in [-0.4, -0.2) is 28.7 Å². The molecule has 1 heterocycles. The monoisotopic (exact) mass is 237 g/mol. The molecular weight excluding hydrogens is 214 g/mol. The Morgan fingerprint density at radius 1 is 1.59 bits per heavy atom. The standard InChI is InChI=1S/C13H23N3O/c1-5-17-12-6-11(13(12,3)4)14-7-10-9(2)15-8-16-10/h8,11-12,14H,5-7H2,1-4H3,(H,15,16). The van der Waals surface area contributed by atoms with Gasteiger partial charge < -0.3 is 15.0 Å². The first-order valence-electron chi connectivity index (χ1n) is 6.39. The molecule has 1 aromatic heterocycles. The molecule has 1 aromatic rings. The minimum atomic E-state index is 0.222. The van der Waals surface area contributed by atoms with E-state index >= 15 is 0 Å². The van der Waals surface area contributed by atoms with Crippen LogP contribution in [0, 0.1) is 12.3 Å². The first-order valence-corrected chi connectivity index (χ1v) is 6.39. The van der Waals surface area contributed by atoms with E-state index in [9.17, 15) is 0 Å². The van der Waals surface area contributed by atoms with Crippen molar-refractivity contribution >= 4 is 0 Å². The lowest BCUT2D eigenvalue weighted by molar-refractivity contribution is -0.114. The lowest BCUT2D eigenvalue weighted by atomic mass is 9.64. The Morgan fingerprint density at radius 3 is 2.88 bits per heavy atom. The second-order valence-corrected chi connectivity index (χ2v) is 5.41. The number of nitrogens with one attached hydrogen (secondary N) is 2. The van der Waals surface area contributed by atoms with Crippen LogP contribution in [-0.2, 0) is 11.3 Å². The van der Waals surface area contributed by atoms with Gasteiger partial charge in [0.2, 0.25) is 0 Å². The molecule has 2 rings (SSSR count). The first kappa shape index (κ1) is 12.6. The molecule has 0 radical (unpaired) electrons. The van der Waals surface area contributed by atoms with Crippen LogP contribution in [0.3, 0.4) is 0 Å². The second kappa shape index (κ2) is 4.78. The van der Waals surface area contributed by atoms with Gasteiger partial charge in [-0.2, -0.15) is 0 Å². The van der Waals surface area contributed by atoms with Crippen molar-refractivity contribution in [3.63, 3.8) is 0 Å². The van der Waals surface area contributed by atoms with Gasteiger partial charge in [-0.3, -0.25) is 0 Å². The smallest absolute Gasteiger partial charge is 0.0925 e. The maximum atomic E-state index is 5.72. The van der Waals surface area contributed by atoms with Gasteiger partial charge in [0, 0.05) is 30.3 Å². The fourth-order valence-corrected chi connectivity index (χ4v) is 2.50. The molecule has 0 aliphatic heterocycles. The predicted molar refractivity (Wildman–Crippen MR) is 67.8 cm³/mol. The van der Waals surface area contributed by atoms with Crippen molar-refractivity contribution in [3.8, 4) is 0 Å². The highest BCUT2D eigenvalue weighted by atomic mass is 16.5. The number of aromatic amines is 1. The van der Waals surface area contributed by atoms with Gasteiger partial charge in [-0.1, -0.05) is 13.8 Å². The van der Waals surface area contributed by atoms with Crippen LogP contribution >= 0.6 is 0 Å². The molecule has 4 heteroatoms. The number of aryl methyl sites for hydroxylation is 1. The van der Waals surface area contributed by atoms with E-state index in [1.807, 2.05) is 0 Å². The van der Waals surface area contributed by atoms with Crippen LogP contribution in [0.5, 0.6) is 0 Å². The third kappa shape index (κ3) is 2.38. The zero-order chi connectivity index (χ0) is 12.5. The summed E-state index contributed by atoms with van der Waals surface area (Å²) < 4.78 is 5.72. The summed E-state index contributed by atoms with van der Waals surface area (Å²) in [6.07, 6.45) is 3.25.